The normalized spacial score (nSPS) is 13.3. The lowest BCUT2D eigenvalue weighted by Crippen LogP contribution is -2.19. The van der Waals surface area contributed by atoms with Gasteiger partial charge in [0, 0.05) is 6.04 Å². The van der Waals surface area contributed by atoms with Crippen molar-refractivity contribution in [2.24, 2.45) is 0 Å². The number of hydrogen-bond acceptors (Lipinski definition) is 3. The van der Waals surface area contributed by atoms with E-state index in [1.165, 1.54) is 0 Å². The molecule has 0 fully saturated rings. The molecule has 20 heavy (non-hydrogen) atoms. The first-order valence-corrected chi connectivity index (χ1v) is 6.51. The summed E-state index contributed by atoms with van der Waals surface area (Å²) in [6.45, 7) is 6.16. The van der Waals surface area contributed by atoms with Crippen molar-refractivity contribution in [2.75, 3.05) is 19.8 Å². The molecule has 1 rings (SSSR count). The number of aryl methyl sites for hydroxylation is 1. The predicted molar refractivity (Wildman–Crippen MR) is 70.8 cm³/mol. The third kappa shape index (κ3) is 5.79. The molecule has 0 aromatic heterocycles. The van der Waals surface area contributed by atoms with Gasteiger partial charge in [-0.05, 0) is 37.6 Å². The largest absolute Gasteiger partial charge is 0.522 e. The van der Waals surface area contributed by atoms with Crippen molar-refractivity contribution in [2.45, 2.75) is 33.2 Å². The van der Waals surface area contributed by atoms with E-state index in [0.29, 0.717) is 5.75 Å². The summed E-state index contributed by atoms with van der Waals surface area (Å²) in [5.41, 5.74) is 2.00. The summed E-state index contributed by atoms with van der Waals surface area (Å²) in [4.78, 5) is 0. The molecule has 0 amide bonds. The summed E-state index contributed by atoms with van der Waals surface area (Å²) in [5, 5.41) is 3.29. The van der Waals surface area contributed by atoms with E-state index in [-0.39, 0.29) is 12.6 Å². The maximum absolute atomic E-state index is 11.8. The fourth-order valence-electron chi connectivity index (χ4n) is 1.84. The van der Waals surface area contributed by atoms with E-state index >= 15 is 0 Å². The quantitative estimate of drug-likeness (QED) is 0.779. The monoisotopic (exact) mass is 291 g/mol. The summed E-state index contributed by atoms with van der Waals surface area (Å²) in [6.07, 6.45) is -4.61. The second-order valence-corrected chi connectivity index (χ2v) is 4.45. The average molecular weight is 291 g/mol. The minimum absolute atomic E-state index is 0.136. The lowest BCUT2D eigenvalue weighted by molar-refractivity contribution is -0.325. The molecule has 0 saturated heterocycles. The van der Waals surface area contributed by atoms with Crippen LogP contribution in [0.5, 0.6) is 5.75 Å². The molecule has 1 N–H and O–H groups in total. The Morgan fingerprint density at radius 2 is 1.95 bits per heavy atom. The Morgan fingerprint density at radius 1 is 1.25 bits per heavy atom. The zero-order valence-electron chi connectivity index (χ0n) is 11.9. The predicted octanol–water partition coefficient (Wildman–Crippen LogP) is 3.58. The van der Waals surface area contributed by atoms with Crippen LogP contribution in [0.4, 0.5) is 13.2 Å². The third-order valence-corrected chi connectivity index (χ3v) is 2.82. The fourth-order valence-corrected chi connectivity index (χ4v) is 1.84. The Hall–Kier alpha value is -1.27. The highest BCUT2D eigenvalue weighted by Gasteiger charge is 2.28. The van der Waals surface area contributed by atoms with E-state index in [1.807, 2.05) is 26.0 Å². The first-order chi connectivity index (χ1) is 9.33. The lowest BCUT2D eigenvalue weighted by atomic mass is 10.1. The highest BCUT2D eigenvalue weighted by Crippen LogP contribution is 2.23. The molecule has 114 valence electrons. The number of nitrogens with one attached hydrogen (secondary N) is 1. The number of halogens is 3. The van der Waals surface area contributed by atoms with E-state index in [0.717, 1.165) is 17.7 Å². The van der Waals surface area contributed by atoms with Crippen LogP contribution >= 0.6 is 0 Å². The van der Waals surface area contributed by atoms with Crippen LogP contribution in [0.1, 0.15) is 31.0 Å². The second-order valence-electron chi connectivity index (χ2n) is 4.45. The van der Waals surface area contributed by atoms with Crippen LogP contribution in [0.2, 0.25) is 0 Å². The van der Waals surface area contributed by atoms with E-state index in [1.54, 1.807) is 6.07 Å². The van der Waals surface area contributed by atoms with Crippen LogP contribution in [-0.4, -0.2) is 26.1 Å². The van der Waals surface area contributed by atoms with Crippen LogP contribution in [0.15, 0.2) is 18.2 Å². The van der Waals surface area contributed by atoms with Crippen LogP contribution in [0.25, 0.3) is 0 Å². The lowest BCUT2D eigenvalue weighted by Gasteiger charge is -2.16. The number of hydrogen-bond donors (Lipinski definition) is 1. The second kappa shape index (κ2) is 7.50. The van der Waals surface area contributed by atoms with Crippen molar-refractivity contribution in [1.29, 1.82) is 0 Å². The van der Waals surface area contributed by atoms with E-state index in [4.69, 9.17) is 4.74 Å². The number of alkyl halides is 3. The summed E-state index contributed by atoms with van der Waals surface area (Å²) < 4.78 is 44.3. The van der Waals surface area contributed by atoms with Gasteiger partial charge in [0.05, 0.1) is 6.61 Å². The van der Waals surface area contributed by atoms with Crippen molar-refractivity contribution < 1.29 is 22.6 Å². The maximum Gasteiger partial charge on any atom is 0.522 e. The van der Waals surface area contributed by atoms with Gasteiger partial charge < -0.3 is 10.1 Å². The zero-order chi connectivity index (χ0) is 15.2. The summed E-state index contributed by atoms with van der Waals surface area (Å²) >= 11 is 0. The van der Waals surface area contributed by atoms with Crippen molar-refractivity contribution in [3.05, 3.63) is 29.3 Å². The van der Waals surface area contributed by atoms with Gasteiger partial charge in [-0.3, -0.25) is 4.74 Å². The molecular formula is C14H20F3NO2. The molecule has 0 aliphatic rings. The van der Waals surface area contributed by atoms with Gasteiger partial charge in [0.1, 0.15) is 12.4 Å². The molecule has 0 radical (unpaired) electrons. The van der Waals surface area contributed by atoms with Crippen molar-refractivity contribution in [1.82, 2.24) is 5.32 Å². The number of ether oxygens (including phenoxy) is 2. The van der Waals surface area contributed by atoms with Crippen molar-refractivity contribution in [3.63, 3.8) is 0 Å². The Balaban J connectivity index is 2.52. The molecule has 3 nitrogen and oxygen atoms in total. The van der Waals surface area contributed by atoms with E-state index in [2.05, 4.69) is 17.0 Å². The Labute approximate surface area is 117 Å². The summed E-state index contributed by atoms with van der Waals surface area (Å²) in [7, 11) is 0. The minimum Gasteiger partial charge on any atom is -0.491 e. The van der Waals surface area contributed by atoms with Crippen molar-refractivity contribution >= 4 is 0 Å². The smallest absolute Gasteiger partial charge is 0.491 e. The molecule has 0 bridgehead atoms. The fraction of sp³-hybridized carbons (Fsp3) is 0.571. The van der Waals surface area contributed by atoms with Crippen LogP contribution < -0.4 is 10.1 Å². The molecule has 0 heterocycles. The topological polar surface area (TPSA) is 30.5 Å². The van der Waals surface area contributed by atoms with Crippen LogP contribution in [0.3, 0.4) is 0 Å². The molecule has 1 aromatic rings. The molecule has 1 atom stereocenters. The van der Waals surface area contributed by atoms with E-state index < -0.39 is 13.0 Å². The Kier molecular flexibility index (Phi) is 6.29. The Bertz CT molecular complexity index is 421. The first kappa shape index (κ1) is 16.8. The van der Waals surface area contributed by atoms with Gasteiger partial charge in [-0.25, -0.2) is 0 Å². The van der Waals surface area contributed by atoms with Gasteiger partial charge in [0.2, 0.25) is 0 Å². The maximum atomic E-state index is 11.8. The van der Waals surface area contributed by atoms with Gasteiger partial charge in [0.15, 0.2) is 0 Å². The molecule has 0 aliphatic heterocycles. The number of benzene rings is 1. The van der Waals surface area contributed by atoms with Gasteiger partial charge >= 0.3 is 6.36 Å². The zero-order valence-corrected chi connectivity index (χ0v) is 11.9. The molecule has 1 aromatic carbocycles. The van der Waals surface area contributed by atoms with Gasteiger partial charge in [-0.1, -0.05) is 19.1 Å². The van der Waals surface area contributed by atoms with Gasteiger partial charge in [0.25, 0.3) is 0 Å². The SMILES string of the molecule is CCNC(C)c1ccc(OCCOC(F)(F)F)c(C)c1. The molecule has 0 spiro atoms. The van der Waals surface area contributed by atoms with Gasteiger partial charge in [-0.2, -0.15) is 0 Å². The van der Waals surface area contributed by atoms with Gasteiger partial charge in [-0.15, -0.1) is 13.2 Å². The summed E-state index contributed by atoms with van der Waals surface area (Å²) in [5.74, 6) is 0.572. The van der Waals surface area contributed by atoms with Crippen LogP contribution in [0, 0.1) is 6.92 Å². The molecule has 0 saturated carbocycles. The molecule has 6 heteroatoms. The molecule has 1 unspecified atom stereocenters. The Morgan fingerprint density at radius 3 is 2.50 bits per heavy atom. The third-order valence-electron chi connectivity index (χ3n) is 2.82. The highest BCUT2D eigenvalue weighted by atomic mass is 19.4. The highest BCUT2D eigenvalue weighted by molar-refractivity contribution is 5.37. The standard InChI is InChI=1S/C14H20F3NO2/c1-4-18-11(3)12-5-6-13(10(2)9-12)19-7-8-20-14(15,16)17/h5-6,9,11,18H,4,7-8H2,1-3H3. The minimum atomic E-state index is -4.61. The first-order valence-electron chi connectivity index (χ1n) is 6.51. The van der Waals surface area contributed by atoms with Crippen LogP contribution in [-0.2, 0) is 4.74 Å². The molecule has 0 aliphatic carbocycles. The van der Waals surface area contributed by atoms with Crippen molar-refractivity contribution in [3.8, 4) is 5.75 Å². The molecular weight excluding hydrogens is 271 g/mol. The average Bonchev–Trinajstić information content (AvgIpc) is 2.35. The number of rotatable bonds is 7. The summed E-state index contributed by atoms with van der Waals surface area (Å²) in [6, 6.07) is 5.86. The van der Waals surface area contributed by atoms with E-state index in [9.17, 15) is 13.2 Å².